The molecule has 1 unspecified atom stereocenters. The van der Waals surface area contributed by atoms with Gasteiger partial charge in [0.25, 0.3) is 0 Å². The molecular weight excluding hydrogens is 254 g/mol. The molecule has 2 aromatic carbocycles. The van der Waals surface area contributed by atoms with Crippen molar-refractivity contribution in [3.63, 3.8) is 0 Å². The van der Waals surface area contributed by atoms with Crippen molar-refractivity contribution in [1.82, 2.24) is 5.32 Å². The fourth-order valence-electron chi connectivity index (χ4n) is 3.17. The number of hydrogen-bond donors (Lipinski definition) is 1. The van der Waals surface area contributed by atoms with Crippen LogP contribution in [0.15, 0.2) is 36.4 Å². The van der Waals surface area contributed by atoms with Gasteiger partial charge in [-0.3, -0.25) is 0 Å². The van der Waals surface area contributed by atoms with Crippen LogP contribution in [0, 0.1) is 13.8 Å². The van der Waals surface area contributed by atoms with E-state index in [0.717, 1.165) is 13.0 Å². The summed E-state index contributed by atoms with van der Waals surface area (Å²) in [6.07, 6.45) is 1.13. The summed E-state index contributed by atoms with van der Waals surface area (Å²) in [6.45, 7) is 9.98. The molecule has 1 atom stereocenters. The quantitative estimate of drug-likeness (QED) is 0.843. The van der Waals surface area contributed by atoms with Crippen molar-refractivity contribution in [1.29, 1.82) is 0 Å². The Bertz CT molecular complexity index is 655. The maximum atomic E-state index is 3.70. The van der Waals surface area contributed by atoms with Gasteiger partial charge in [0, 0.05) is 6.54 Å². The Labute approximate surface area is 128 Å². The first-order valence-electron chi connectivity index (χ1n) is 7.99. The average Bonchev–Trinajstić information content (AvgIpc) is 2.49. The van der Waals surface area contributed by atoms with Gasteiger partial charge in [-0.15, -0.1) is 0 Å². The lowest BCUT2D eigenvalue weighted by Crippen LogP contribution is -2.30. The molecule has 0 saturated heterocycles. The van der Waals surface area contributed by atoms with E-state index in [-0.39, 0.29) is 0 Å². The van der Waals surface area contributed by atoms with Gasteiger partial charge < -0.3 is 5.32 Å². The van der Waals surface area contributed by atoms with Crippen molar-refractivity contribution < 1.29 is 0 Å². The number of hydrogen-bond acceptors (Lipinski definition) is 1. The third-order valence-corrected chi connectivity index (χ3v) is 4.75. The van der Waals surface area contributed by atoms with Crippen LogP contribution in [0.2, 0.25) is 0 Å². The van der Waals surface area contributed by atoms with E-state index in [1.165, 1.54) is 33.4 Å². The van der Waals surface area contributed by atoms with Crippen molar-refractivity contribution in [3.05, 3.63) is 69.8 Å². The summed E-state index contributed by atoms with van der Waals surface area (Å²) >= 11 is 0. The summed E-state index contributed by atoms with van der Waals surface area (Å²) in [5.41, 5.74) is 8.54. The van der Waals surface area contributed by atoms with Gasteiger partial charge in [0.2, 0.25) is 0 Å². The van der Waals surface area contributed by atoms with Crippen molar-refractivity contribution in [2.45, 2.75) is 46.1 Å². The van der Waals surface area contributed by atoms with Crippen LogP contribution in [0.1, 0.15) is 59.2 Å². The number of nitrogens with one attached hydrogen (secondary N) is 1. The zero-order valence-electron chi connectivity index (χ0n) is 13.5. The Morgan fingerprint density at radius 3 is 2.52 bits per heavy atom. The van der Waals surface area contributed by atoms with E-state index in [0.29, 0.717) is 12.0 Å². The number of benzene rings is 2. The van der Waals surface area contributed by atoms with E-state index in [1.807, 2.05) is 0 Å². The monoisotopic (exact) mass is 279 g/mol. The van der Waals surface area contributed by atoms with Gasteiger partial charge in [-0.25, -0.2) is 0 Å². The van der Waals surface area contributed by atoms with E-state index >= 15 is 0 Å². The molecular formula is C20H25N. The number of rotatable bonds is 2. The number of aryl methyl sites for hydroxylation is 2. The third-order valence-electron chi connectivity index (χ3n) is 4.75. The zero-order chi connectivity index (χ0) is 15.0. The summed E-state index contributed by atoms with van der Waals surface area (Å²) in [6, 6.07) is 14.2. The van der Waals surface area contributed by atoms with E-state index < -0.39 is 0 Å². The molecule has 1 aliphatic rings. The highest BCUT2D eigenvalue weighted by Gasteiger charge is 2.22. The molecule has 1 heteroatoms. The van der Waals surface area contributed by atoms with Crippen LogP contribution in [0.4, 0.5) is 0 Å². The molecule has 1 heterocycles. The van der Waals surface area contributed by atoms with Crippen molar-refractivity contribution in [2.24, 2.45) is 0 Å². The topological polar surface area (TPSA) is 12.0 Å². The van der Waals surface area contributed by atoms with E-state index in [2.05, 4.69) is 69.4 Å². The van der Waals surface area contributed by atoms with E-state index in [1.54, 1.807) is 0 Å². The van der Waals surface area contributed by atoms with Crippen LogP contribution in [0.25, 0.3) is 0 Å². The smallest absolute Gasteiger partial charge is 0.0579 e. The first kappa shape index (κ1) is 14.3. The summed E-state index contributed by atoms with van der Waals surface area (Å²) in [5.74, 6) is 0.581. The predicted molar refractivity (Wildman–Crippen MR) is 90.0 cm³/mol. The van der Waals surface area contributed by atoms with Crippen LogP contribution >= 0.6 is 0 Å². The molecule has 110 valence electrons. The molecule has 1 nitrogen and oxygen atoms in total. The predicted octanol–water partition coefficient (Wildman–Crippen LogP) is 4.66. The van der Waals surface area contributed by atoms with Crippen molar-refractivity contribution in [3.8, 4) is 0 Å². The molecule has 0 aromatic heterocycles. The highest BCUT2D eigenvalue weighted by molar-refractivity contribution is 5.44. The second-order valence-electron chi connectivity index (χ2n) is 6.59. The average molecular weight is 279 g/mol. The van der Waals surface area contributed by atoms with Gasteiger partial charge in [-0.2, -0.15) is 0 Å². The fraction of sp³-hybridized carbons (Fsp3) is 0.400. The Morgan fingerprint density at radius 2 is 1.81 bits per heavy atom. The molecule has 0 radical (unpaired) electrons. The van der Waals surface area contributed by atoms with E-state index in [9.17, 15) is 0 Å². The van der Waals surface area contributed by atoms with Crippen LogP contribution in [-0.4, -0.2) is 6.54 Å². The Hall–Kier alpha value is -1.60. The van der Waals surface area contributed by atoms with Crippen molar-refractivity contribution in [2.75, 3.05) is 6.54 Å². The minimum Gasteiger partial charge on any atom is -0.306 e. The maximum absolute atomic E-state index is 3.70. The lowest BCUT2D eigenvalue weighted by Gasteiger charge is -2.29. The van der Waals surface area contributed by atoms with Crippen LogP contribution in [-0.2, 0) is 6.42 Å². The standard InChI is InChI=1S/C20H25N/c1-13(2)17-8-7-16-9-10-21-20(19(16)12-17)18-6-5-14(3)15(4)11-18/h5-8,11-13,20-21H,9-10H2,1-4H3. The summed E-state index contributed by atoms with van der Waals surface area (Å²) < 4.78 is 0. The normalized spacial score (nSPS) is 17.9. The summed E-state index contributed by atoms with van der Waals surface area (Å²) in [4.78, 5) is 0. The highest BCUT2D eigenvalue weighted by Crippen LogP contribution is 2.32. The third kappa shape index (κ3) is 2.75. The van der Waals surface area contributed by atoms with Gasteiger partial charge in [0.1, 0.15) is 0 Å². The zero-order valence-corrected chi connectivity index (χ0v) is 13.5. The Balaban J connectivity index is 2.06. The minimum atomic E-state index is 0.340. The first-order chi connectivity index (χ1) is 10.1. The van der Waals surface area contributed by atoms with Gasteiger partial charge in [0.05, 0.1) is 6.04 Å². The molecule has 3 rings (SSSR count). The van der Waals surface area contributed by atoms with Crippen LogP contribution < -0.4 is 5.32 Å². The summed E-state index contributed by atoms with van der Waals surface area (Å²) in [7, 11) is 0. The molecule has 0 bridgehead atoms. The SMILES string of the molecule is Cc1ccc(C2NCCc3ccc(C(C)C)cc32)cc1C. The molecule has 0 spiro atoms. The molecule has 0 fully saturated rings. The second-order valence-corrected chi connectivity index (χ2v) is 6.59. The molecule has 21 heavy (non-hydrogen) atoms. The minimum absolute atomic E-state index is 0.340. The lowest BCUT2D eigenvalue weighted by molar-refractivity contribution is 0.566. The maximum Gasteiger partial charge on any atom is 0.0579 e. The number of fused-ring (bicyclic) bond motifs is 1. The Kier molecular flexibility index (Phi) is 3.86. The van der Waals surface area contributed by atoms with Gasteiger partial charge in [-0.05, 0) is 59.6 Å². The molecule has 2 aromatic rings. The van der Waals surface area contributed by atoms with Gasteiger partial charge in [0.15, 0.2) is 0 Å². The van der Waals surface area contributed by atoms with Crippen LogP contribution in [0.5, 0.6) is 0 Å². The van der Waals surface area contributed by atoms with Gasteiger partial charge >= 0.3 is 0 Å². The van der Waals surface area contributed by atoms with Crippen LogP contribution in [0.3, 0.4) is 0 Å². The first-order valence-corrected chi connectivity index (χ1v) is 7.99. The molecule has 0 amide bonds. The van der Waals surface area contributed by atoms with Crippen molar-refractivity contribution >= 4 is 0 Å². The lowest BCUT2D eigenvalue weighted by atomic mass is 9.86. The molecule has 1 aliphatic heterocycles. The molecule has 0 aliphatic carbocycles. The Morgan fingerprint density at radius 1 is 1.00 bits per heavy atom. The van der Waals surface area contributed by atoms with E-state index in [4.69, 9.17) is 0 Å². The largest absolute Gasteiger partial charge is 0.306 e. The molecule has 1 N–H and O–H groups in total. The highest BCUT2D eigenvalue weighted by atomic mass is 14.9. The summed E-state index contributed by atoms with van der Waals surface area (Å²) in [5, 5.41) is 3.70. The second kappa shape index (κ2) is 5.65. The van der Waals surface area contributed by atoms with Gasteiger partial charge in [-0.1, -0.05) is 50.2 Å². The molecule has 0 saturated carbocycles. The fourth-order valence-corrected chi connectivity index (χ4v) is 3.17.